The second-order valence-corrected chi connectivity index (χ2v) is 4.57. The first-order chi connectivity index (χ1) is 8.56. The van der Waals surface area contributed by atoms with Crippen LogP contribution in [-0.2, 0) is 18.4 Å². The Bertz CT molecular complexity index is 583. The third-order valence-corrected chi connectivity index (χ3v) is 3.05. The molecule has 0 aliphatic carbocycles. The molecule has 0 aliphatic heterocycles. The Hall–Kier alpha value is -1.69. The molecule has 1 heterocycles. The molecule has 0 spiro atoms. The van der Waals surface area contributed by atoms with Gasteiger partial charge in [-0.25, -0.2) is 9.18 Å². The van der Waals surface area contributed by atoms with Gasteiger partial charge in [-0.1, -0.05) is 22.0 Å². The summed E-state index contributed by atoms with van der Waals surface area (Å²) in [6.45, 7) is 0.0780. The van der Waals surface area contributed by atoms with E-state index in [-0.39, 0.29) is 12.4 Å². The topological polar surface area (TPSA) is 44.1 Å². The van der Waals surface area contributed by atoms with E-state index in [0.717, 1.165) is 0 Å². The van der Waals surface area contributed by atoms with E-state index < -0.39 is 5.97 Å². The number of hydrogen-bond acceptors (Lipinski definition) is 3. The van der Waals surface area contributed by atoms with Gasteiger partial charge in [0.1, 0.15) is 12.4 Å². The number of carbonyl (C=O) groups excluding carboxylic acids is 1. The Morgan fingerprint density at radius 3 is 2.94 bits per heavy atom. The van der Waals surface area contributed by atoms with Crippen LogP contribution in [0.1, 0.15) is 15.9 Å². The first-order valence-corrected chi connectivity index (χ1v) is 5.95. The van der Waals surface area contributed by atoms with Gasteiger partial charge in [-0.2, -0.15) is 5.10 Å². The molecule has 0 saturated heterocycles. The third-order valence-electron chi connectivity index (χ3n) is 2.31. The van der Waals surface area contributed by atoms with Crippen LogP contribution in [-0.4, -0.2) is 15.7 Å². The number of esters is 1. The highest BCUT2D eigenvalue weighted by Crippen LogP contribution is 2.19. The zero-order valence-corrected chi connectivity index (χ0v) is 11.1. The largest absolute Gasteiger partial charge is 0.457 e. The molecule has 0 unspecified atom stereocenters. The number of rotatable bonds is 3. The second-order valence-electron chi connectivity index (χ2n) is 3.71. The highest BCUT2D eigenvalue weighted by molar-refractivity contribution is 9.10. The molecule has 0 aliphatic rings. The molecule has 2 rings (SSSR count). The monoisotopic (exact) mass is 312 g/mol. The lowest BCUT2D eigenvalue weighted by Gasteiger charge is -2.05. The third kappa shape index (κ3) is 2.95. The Kier molecular flexibility index (Phi) is 3.76. The van der Waals surface area contributed by atoms with Crippen LogP contribution in [0, 0.1) is 5.82 Å². The van der Waals surface area contributed by atoms with E-state index in [1.807, 2.05) is 0 Å². The quantitative estimate of drug-likeness (QED) is 0.818. The second kappa shape index (κ2) is 5.30. The molecule has 6 heteroatoms. The summed E-state index contributed by atoms with van der Waals surface area (Å²) < 4.78 is 20.1. The summed E-state index contributed by atoms with van der Waals surface area (Å²) in [6.07, 6.45) is 3.00. The highest BCUT2D eigenvalue weighted by atomic mass is 79.9. The van der Waals surface area contributed by atoms with Crippen LogP contribution in [0.4, 0.5) is 4.39 Å². The first-order valence-electron chi connectivity index (χ1n) is 5.16. The van der Waals surface area contributed by atoms with Crippen LogP contribution >= 0.6 is 15.9 Å². The lowest BCUT2D eigenvalue weighted by atomic mass is 10.2. The van der Waals surface area contributed by atoms with Crippen molar-refractivity contribution in [3.63, 3.8) is 0 Å². The Morgan fingerprint density at radius 2 is 2.33 bits per heavy atom. The van der Waals surface area contributed by atoms with E-state index in [0.29, 0.717) is 15.6 Å². The van der Waals surface area contributed by atoms with Gasteiger partial charge >= 0.3 is 5.97 Å². The fourth-order valence-electron chi connectivity index (χ4n) is 1.39. The number of carbonyl (C=O) groups is 1. The van der Waals surface area contributed by atoms with Gasteiger partial charge in [0.25, 0.3) is 0 Å². The van der Waals surface area contributed by atoms with Gasteiger partial charge in [0.2, 0.25) is 0 Å². The summed E-state index contributed by atoms with van der Waals surface area (Å²) in [4.78, 5) is 11.6. The van der Waals surface area contributed by atoms with Crippen LogP contribution in [0.2, 0.25) is 0 Å². The number of nitrogens with zero attached hydrogens (tertiary/aromatic N) is 2. The number of aryl methyl sites for hydroxylation is 1. The fourth-order valence-corrected chi connectivity index (χ4v) is 1.86. The molecule has 4 nitrogen and oxygen atoms in total. The molecular formula is C12H10BrFN2O2. The van der Waals surface area contributed by atoms with Gasteiger partial charge in [0.05, 0.1) is 11.8 Å². The summed E-state index contributed by atoms with van der Waals surface area (Å²) in [5, 5.41) is 3.88. The number of ether oxygens (including phenoxy) is 1. The van der Waals surface area contributed by atoms with Gasteiger partial charge in [-0.05, 0) is 12.1 Å². The molecule has 0 radical (unpaired) electrons. The molecule has 1 aromatic heterocycles. The van der Waals surface area contributed by atoms with Crippen molar-refractivity contribution in [1.29, 1.82) is 0 Å². The molecule has 94 valence electrons. The maximum absolute atomic E-state index is 12.9. The molecule has 0 atom stereocenters. The highest BCUT2D eigenvalue weighted by Gasteiger charge is 2.10. The predicted octanol–water partition coefficient (Wildman–Crippen LogP) is 2.68. The summed E-state index contributed by atoms with van der Waals surface area (Å²) in [6, 6.07) is 4.21. The molecule has 18 heavy (non-hydrogen) atoms. The molecular weight excluding hydrogens is 303 g/mol. The first kappa shape index (κ1) is 12.8. The lowest BCUT2D eigenvalue weighted by molar-refractivity contribution is 0.0472. The maximum atomic E-state index is 12.9. The molecule has 0 bridgehead atoms. The maximum Gasteiger partial charge on any atom is 0.341 e. The van der Waals surface area contributed by atoms with Crippen molar-refractivity contribution < 1.29 is 13.9 Å². The number of aromatic nitrogens is 2. The van der Waals surface area contributed by atoms with Crippen molar-refractivity contribution in [3.05, 3.63) is 52.0 Å². The number of halogens is 2. The molecule has 2 aromatic rings. The van der Waals surface area contributed by atoms with Crippen LogP contribution in [0.5, 0.6) is 0 Å². The van der Waals surface area contributed by atoms with Crippen molar-refractivity contribution in [1.82, 2.24) is 9.78 Å². The van der Waals surface area contributed by atoms with Crippen molar-refractivity contribution in [2.24, 2.45) is 7.05 Å². The van der Waals surface area contributed by atoms with Gasteiger partial charge in [0.15, 0.2) is 0 Å². The molecule has 0 fully saturated rings. The minimum Gasteiger partial charge on any atom is -0.457 e. The van der Waals surface area contributed by atoms with Crippen molar-refractivity contribution >= 4 is 21.9 Å². The Morgan fingerprint density at radius 1 is 1.56 bits per heavy atom. The summed E-state index contributed by atoms with van der Waals surface area (Å²) in [5.74, 6) is -0.802. The van der Waals surface area contributed by atoms with E-state index in [1.165, 1.54) is 23.0 Å². The van der Waals surface area contributed by atoms with E-state index in [2.05, 4.69) is 21.0 Å². The Labute approximate surface area is 111 Å². The van der Waals surface area contributed by atoms with Gasteiger partial charge in [-0.3, -0.25) is 4.68 Å². The van der Waals surface area contributed by atoms with E-state index in [4.69, 9.17) is 4.74 Å². The zero-order valence-electron chi connectivity index (χ0n) is 9.56. The van der Waals surface area contributed by atoms with Crippen LogP contribution in [0.15, 0.2) is 35.1 Å². The van der Waals surface area contributed by atoms with E-state index in [9.17, 15) is 9.18 Å². The van der Waals surface area contributed by atoms with Gasteiger partial charge in [-0.15, -0.1) is 0 Å². The summed E-state index contributed by atoms with van der Waals surface area (Å²) in [7, 11) is 1.72. The predicted molar refractivity (Wildman–Crippen MR) is 66.4 cm³/mol. The van der Waals surface area contributed by atoms with Crippen molar-refractivity contribution in [2.45, 2.75) is 6.61 Å². The van der Waals surface area contributed by atoms with Crippen molar-refractivity contribution in [3.8, 4) is 0 Å². The Balaban J connectivity index is 2.01. The van der Waals surface area contributed by atoms with Gasteiger partial charge in [0, 0.05) is 23.3 Å². The van der Waals surface area contributed by atoms with E-state index >= 15 is 0 Å². The smallest absolute Gasteiger partial charge is 0.341 e. The average Bonchev–Trinajstić information content (AvgIpc) is 2.74. The zero-order chi connectivity index (χ0) is 13.1. The molecule has 0 amide bonds. The standard InChI is InChI=1S/C12H10BrFN2O2/c1-16-6-9(5-15-16)12(17)18-7-8-2-3-10(14)4-11(8)13/h2-6H,7H2,1H3. The van der Waals surface area contributed by atoms with Crippen molar-refractivity contribution in [2.75, 3.05) is 0 Å². The number of benzene rings is 1. The summed E-state index contributed by atoms with van der Waals surface area (Å²) >= 11 is 3.21. The van der Waals surface area contributed by atoms with Gasteiger partial charge < -0.3 is 4.74 Å². The minimum atomic E-state index is -0.459. The van der Waals surface area contributed by atoms with E-state index in [1.54, 1.807) is 19.3 Å². The lowest BCUT2D eigenvalue weighted by Crippen LogP contribution is -2.04. The normalized spacial score (nSPS) is 10.4. The SMILES string of the molecule is Cn1cc(C(=O)OCc2ccc(F)cc2Br)cn1. The molecule has 0 saturated carbocycles. The number of hydrogen-bond donors (Lipinski definition) is 0. The van der Waals surface area contributed by atoms with Crippen LogP contribution in [0.3, 0.4) is 0 Å². The summed E-state index contributed by atoms with van der Waals surface area (Å²) in [5.41, 5.74) is 1.09. The molecule has 0 N–H and O–H groups in total. The minimum absolute atomic E-state index is 0.0780. The van der Waals surface area contributed by atoms with Crippen LogP contribution in [0.25, 0.3) is 0 Å². The fraction of sp³-hybridized carbons (Fsp3) is 0.167. The molecule has 1 aromatic carbocycles. The average molecular weight is 313 g/mol. The van der Waals surface area contributed by atoms with Crippen LogP contribution < -0.4 is 0 Å².